The molecule has 4 aromatic rings. The van der Waals surface area contributed by atoms with Crippen LogP contribution in [0.1, 0.15) is 25.0 Å². The Balaban J connectivity index is 1.21. The van der Waals surface area contributed by atoms with Gasteiger partial charge in [-0.3, -0.25) is 0 Å². The van der Waals surface area contributed by atoms with Gasteiger partial charge >= 0.3 is 0 Å². The first-order valence-electron chi connectivity index (χ1n) is 10.0. The second kappa shape index (κ2) is 7.90. The summed E-state index contributed by atoms with van der Waals surface area (Å²) >= 11 is 12.4. The monoisotopic (exact) mass is 427 g/mol. The van der Waals surface area contributed by atoms with Crippen LogP contribution < -0.4 is 10.6 Å². The van der Waals surface area contributed by atoms with E-state index in [1.54, 1.807) is 6.07 Å². The van der Waals surface area contributed by atoms with Gasteiger partial charge in [0.2, 0.25) is 5.95 Å². The summed E-state index contributed by atoms with van der Waals surface area (Å²) in [5, 5.41) is 9.57. The van der Waals surface area contributed by atoms with E-state index in [0.717, 1.165) is 46.7 Å². The molecular weight excluding hydrogens is 405 g/mol. The highest BCUT2D eigenvalue weighted by Crippen LogP contribution is 2.29. The Kier molecular flexibility index (Phi) is 5.12. The summed E-state index contributed by atoms with van der Waals surface area (Å²) in [6.45, 7) is 1.69. The van der Waals surface area contributed by atoms with Gasteiger partial charge in [0.1, 0.15) is 0 Å². The van der Waals surface area contributed by atoms with Gasteiger partial charge in [0.05, 0.1) is 16.1 Å². The van der Waals surface area contributed by atoms with Gasteiger partial charge in [-0.25, -0.2) is 4.98 Å². The fourth-order valence-electron chi connectivity index (χ4n) is 4.37. The minimum absolute atomic E-state index is 0.484. The number of para-hydroxylation sites is 2. The van der Waals surface area contributed by atoms with Crippen LogP contribution in [0.3, 0.4) is 0 Å². The van der Waals surface area contributed by atoms with Crippen molar-refractivity contribution in [2.45, 2.75) is 31.8 Å². The SMILES string of the molecule is Clc1cc(Cl)c2cc(CN[C@H]3CCC[C@@H]3CNc3nc4ccccc4[nH]3)[nH]c2c1. The maximum absolute atomic E-state index is 6.31. The van der Waals surface area contributed by atoms with Crippen LogP contribution in [-0.2, 0) is 6.54 Å². The molecule has 1 saturated carbocycles. The van der Waals surface area contributed by atoms with Gasteiger partial charge in [0.25, 0.3) is 0 Å². The molecular formula is C22H23Cl2N5. The number of imidazole rings is 1. The normalized spacial score (nSPS) is 19.4. The molecule has 5 nitrogen and oxygen atoms in total. The van der Waals surface area contributed by atoms with Crippen molar-refractivity contribution < 1.29 is 0 Å². The number of nitrogens with zero attached hydrogens (tertiary/aromatic N) is 1. The lowest BCUT2D eigenvalue weighted by Gasteiger charge is -2.21. The molecule has 2 aromatic carbocycles. The van der Waals surface area contributed by atoms with Crippen molar-refractivity contribution in [1.82, 2.24) is 20.3 Å². The van der Waals surface area contributed by atoms with Crippen LogP contribution in [0, 0.1) is 5.92 Å². The molecule has 1 aliphatic carbocycles. The third-order valence-electron chi connectivity index (χ3n) is 5.84. The van der Waals surface area contributed by atoms with Crippen molar-refractivity contribution in [2.75, 3.05) is 11.9 Å². The summed E-state index contributed by atoms with van der Waals surface area (Å²) in [5.74, 6) is 1.42. The van der Waals surface area contributed by atoms with E-state index in [2.05, 4.69) is 31.7 Å². The molecule has 7 heteroatoms. The summed E-state index contributed by atoms with van der Waals surface area (Å²) in [6, 6.07) is 14.4. The lowest BCUT2D eigenvalue weighted by Crippen LogP contribution is -2.35. The Morgan fingerprint density at radius 3 is 2.83 bits per heavy atom. The van der Waals surface area contributed by atoms with E-state index in [1.807, 2.05) is 30.3 Å². The molecule has 1 fully saturated rings. The fraction of sp³-hybridized carbons (Fsp3) is 0.318. The lowest BCUT2D eigenvalue weighted by atomic mass is 10.0. The zero-order valence-corrected chi connectivity index (χ0v) is 17.4. The summed E-state index contributed by atoms with van der Waals surface area (Å²) in [6.07, 6.45) is 3.66. The zero-order chi connectivity index (χ0) is 19.8. The van der Waals surface area contributed by atoms with Crippen molar-refractivity contribution in [3.8, 4) is 0 Å². The van der Waals surface area contributed by atoms with Crippen LogP contribution in [0.4, 0.5) is 5.95 Å². The van der Waals surface area contributed by atoms with Crippen LogP contribution in [-0.4, -0.2) is 27.5 Å². The molecule has 0 unspecified atom stereocenters. The molecule has 2 atom stereocenters. The molecule has 2 aromatic heterocycles. The van der Waals surface area contributed by atoms with E-state index < -0.39 is 0 Å². The minimum atomic E-state index is 0.484. The summed E-state index contributed by atoms with van der Waals surface area (Å²) < 4.78 is 0. The molecule has 0 saturated heterocycles. The van der Waals surface area contributed by atoms with Gasteiger partial charge in [0, 0.05) is 40.8 Å². The van der Waals surface area contributed by atoms with Crippen LogP contribution in [0.25, 0.3) is 21.9 Å². The standard InChI is InChI=1S/C22H23Cl2N5/c23-14-8-17(24)16-10-15(27-21(16)9-14)12-25-18-7-3-4-13(18)11-26-22-28-19-5-1-2-6-20(19)29-22/h1-2,5-6,8-10,13,18,25,27H,3-4,7,11-12H2,(H2,26,28,29)/t13-,18+/m1/s1. The molecule has 1 aliphatic rings. The molecule has 0 amide bonds. The first kappa shape index (κ1) is 18.8. The van der Waals surface area contributed by atoms with Gasteiger partial charge < -0.3 is 20.6 Å². The van der Waals surface area contributed by atoms with E-state index in [-0.39, 0.29) is 0 Å². The Morgan fingerprint density at radius 2 is 1.93 bits per heavy atom. The number of aromatic amines is 2. The highest BCUT2D eigenvalue weighted by atomic mass is 35.5. The highest BCUT2D eigenvalue weighted by molar-refractivity contribution is 6.38. The molecule has 0 radical (unpaired) electrons. The average molecular weight is 428 g/mol. The second-order valence-electron chi connectivity index (χ2n) is 7.81. The second-order valence-corrected chi connectivity index (χ2v) is 8.65. The number of halogens is 2. The van der Waals surface area contributed by atoms with E-state index in [1.165, 1.54) is 19.3 Å². The number of anilines is 1. The molecule has 0 bridgehead atoms. The Hall–Kier alpha value is -2.21. The first-order valence-corrected chi connectivity index (χ1v) is 10.8. The number of hydrogen-bond acceptors (Lipinski definition) is 3. The Bertz CT molecular complexity index is 1120. The number of H-pyrrole nitrogens is 2. The van der Waals surface area contributed by atoms with Gasteiger partial charge in [-0.1, -0.05) is 41.8 Å². The predicted octanol–water partition coefficient (Wildman–Crippen LogP) is 5.72. The van der Waals surface area contributed by atoms with E-state index >= 15 is 0 Å². The van der Waals surface area contributed by atoms with Crippen molar-refractivity contribution >= 4 is 51.1 Å². The molecule has 0 spiro atoms. The van der Waals surface area contributed by atoms with E-state index in [4.69, 9.17) is 23.2 Å². The smallest absolute Gasteiger partial charge is 0.201 e. The Morgan fingerprint density at radius 1 is 1.03 bits per heavy atom. The summed E-state index contributed by atoms with van der Waals surface area (Å²) in [5.41, 5.74) is 4.16. The average Bonchev–Trinajstić information content (AvgIpc) is 3.41. The fourth-order valence-corrected chi connectivity index (χ4v) is 4.92. The molecule has 0 aliphatic heterocycles. The van der Waals surface area contributed by atoms with Crippen LogP contribution in [0.2, 0.25) is 10.0 Å². The van der Waals surface area contributed by atoms with E-state index in [9.17, 15) is 0 Å². The number of fused-ring (bicyclic) bond motifs is 2. The molecule has 2 heterocycles. The van der Waals surface area contributed by atoms with Crippen molar-refractivity contribution in [3.63, 3.8) is 0 Å². The number of aromatic nitrogens is 3. The van der Waals surface area contributed by atoms with Crippen molar-refractivity contribution in [3.05, 3.63) is 58.2 Å². The van der Waals surface area contributed by atoms with Crippen LogP contribution >= 0.6 is 23.2 Å². The molecule has 5 rings (SSSR count). The van der Waals surface area contributed by atoms with Gasteiger partial charge in [-0.2, -0.15) is 0 Å². The zero-order valence-electron chi connectivity index (χ0n) is 15.9. The predicted molar refractivity (Wildman–Crippen MR) is 121 cm³/mol. The van der Waals surface area contributed by atoms with Gasteiger partial charge in [-0.05, 0) is 49.1 Å². The third-order valence-corrected chi connectivity index (χ3v) is 6.37. The highest BCUT2D eigenvalue weighted by Gasteiger charge is 2.27. The first-order chi connectivity index (χ1) is 14.2. The maximum atomic E-state index is 6.31. The van der Waals surface area contributed by atoms with Crippen molar-refractivity contribution in [2.24, 2.45) is 5.92 Å². The van der Waals surface area contributed by atoms with Gasteiger partial charge in [0.15, 0.2) is 0 Å². The van der Waals surface area contributed by atoms with Crippen molar-refractivity contribution in [1.29, 1.82) is 0 Å². The lowest BCUT2D eigenvalue weighted by molar-refractivity contribution is 0.412. The minimum Gasteiger partial charge on any atom is -0.357 e. The van der Waals surface area contributed by atoms with Crippen LogP contribution in [0.15, 0.2) is 42.5 Å². The molecule has 4 N–H and O–H groups in total. The topological polar surface area (TPSA) is 68.5 Å². The van der Waals surface area contributed by atoms with Crippen LogP contribution in [0.5, 0.6) is 0 Å². The maximum Gasteiger partial charge on any atom is 0.201 e. The number of hydrogen-bond donors (Lipinski definition) is 4. The summed E-state index contributed by atoms with van der Waals surface area (Å²) in [7, 11) is 0. The van der Waals surface area contributed by atoms with Gasteiger partial charge in [-0.15, -0.1) is 0 Å². The third kappa shape index (κ3) is 3.95. The summed E-state index contributed by atoms with van der Waals surface area (Å²) in [4.78, 5) is 11.4. The number of rotatable bonds is 6. The number of nitrogens with one attached hydrogen (secondary N) is 4. The largest absolute Gasteiger partial charge is 0.357 e. The quantitative estimate of drug-likeness (QED) is 0.318. The molecule has 150 valence electrons. The van der Waals surface area contributed by atoms with E-state index in [0.29, 0.717) is 22.0 Å². The molecule has 29 heavy (non-hydrogen) atoms. The number of benzene rings is 2. The Labute approximate surface area is 179 Å².